The van der Waals surface area contributed by atoms with Crippen LogP contribution in [-0.4, -0.2) is 74.6 Å². The SMILES string of the molecule is COc1ccc(C(=O)N[C@@H](C(=O)N2CCN(C(C)=O)CC2)S(=O)(=O)c2ccccc2)cc1. The van der Waals surface area contributed by atoms with E-state index in [9.17, 15) is 22.8 Å². The minimum Gasteiger partial charge on any atom is -0.497 e. The highest BCUT2D eigenvalue weighted by molar-refractivity contribution is 7.92. The molecule has 1 aliphatic heterocycles. The molecule has 0 bridgehead atoms. The molecule has 9 nitrogen and oxygen atoms in total. The van der Waals surface area contributed by atoms with Crippen LogP contribution in [0.15, 0.2) is 59.5 Å². The van der Waals surface area contributed by atoms with Gasteiger partial charge in [0.1, 0.15) is 5.75 Å². The fraction of sp³-hybridized carbons (Fsp3) is 0.318. The lowest BCUT2D eigenvalue weighted by molar-refractivity contribution is -0.138. The molecule has 0 aliphatic carbocycles. The quantitative estimate of drug-likeness (QED) is 0.687. The number of rotatable bonds is 6. The minimum absolute atomic E-state index is 0.0734. The lowest BCUT2D eigenvalue weighted by Gasteiger charge is -2.36. The van der Waals surface area contributed by atoms with Gasteiger partial charge in [0.2, 0.25) is 21.1 Å². The molecule has 3 rings (SSSR count). The number of nitrogens with one attached hydrogen (secondary N) is 1. The maximum absolute atomic E-state index is 13.3. The predicted octanol–water partition coefficient (Wildman–Crippen LogP) is 0.916. The van der Waals surface area contributed by atoms with E-state index in [4.69, 9.17) is 4.74 Å². The molecule has 1 N–H and O–H groups in total. The van der Waals surface area contributed by atoms with E-state index in [1.54, 1.807) is 35.2 Å². The van der Waals surface area contributed by atoms with Crippen molar-refractivity contribution in [3.63, 3.8) is 0 Å². The fourth-order valence-corrected chi connectivity index (χ4v) is 4.86. The number of amides is 3. The van der Waals surface area contributed by atoms with Crippen molar-refractivity contribution in [2.75, 3.05) is 33.3 Å². The van der Waals surface area contributed by atoms with Crippen molar-refractivity contribution in [3.05, 3.63) is 60.2 Å². The molecule has 32 heavy (non-hydrogen) atoms. The van der Waals surface area contributed by atoms with Gasteiger partial charge in [-0.05, 0) is 36.4 Å². The van der Waals surface area contributed by atoms with Crippen molar-refractivity contribution in [2.45, 2.75) is 17.2 Å². The Morgan fingerprint density at radius 3 is 2.00 bits per heavy atom. The Hall–Kier alpha value is -3.40. The van der Waals surface area contributed by atoms with Crippen LogP contribution in [0.3, 0.4) is 0 Å². The first kappa shape index (κ1) is 23.3. The van der Waals surface area contributed by atoms with Crippen molar-refractivity contribution in [1.82, 2.24) is 15.1 Å². The second-order valence-electron chi connectivity index (χ2n) is 7.27. The lowest BCUT2D eigenvalue weighted by atomic mass is 10.2. The zero-order valence-electron chi connectivity index (χ0n) is 17.9. The topological polar surface area (TPSA) is 113 Å². The predicted molar refractivity (Wildman–Crippen MR) is 117 cm³/mol. The molecule has 0 spiro atoms. The number of benzene rings is 2. The number of nitrogens with zero attached hydrogens (tertiary/aromatic N) is 2. The Balaban J connectivity index is 1.88. The van der Waals surface area contributed by atoms with Gasteiger partial charge in [0.25, 0.3) is 11.8 Å². The third-order valence-electron chi connectivity index (χ3n) is 5.26. The van der Waals surface area contributed by atoms with E-state index >= 15 is 0 Å². The number of ether oxygens (including phenoxy) is 1. The highest BCUT2D eigenvalue weighted by Crippen LogP contribution is 2.19. The summed E-state index contributed by atoms with van der Waals surface area (Å²) in [5.41, 5.74) is 0.188. The third kappa shape index (κ3) is 5.08. The van der Waals surface area contributed by atoms with E-state index in [2.05, 4.69) is 5.32 Å². The van der Waals surface area contributed by atoms with Crippen molar-refractivity contribution < 1.29 is 27.5 Å². The molecule has 10 heteroatoms. The summed E-state index contributed by atoms with van der Waals surface area (Å²) in [5, 5.41) is 0.599. The van der Waals surface area contributed by atoms with Crippen LogP contribution >= 0.6 is 0 Å². The second kappa shape index (κ2) is 9.82. The van der Waals surface area contributed by atoms with Crippen LogP contribution < -0.4 is 10.1 Å². The monoisotopic (exact) mass is 459 g/mol. The van der Waals surface area contributed by atoms with Crippen molar-refractivity contribution in [1.29, 1.82) is 0 Å². The number of methoxy groups -OCH3 is 1. The Labute approximate surface area is 186 Å². The van der Waals surface area contributed by atoms with Gasteiger partial charge in [-0.1, -0.05) is 18.2 Å². The molecule has 1 atom stereocenters. The maximum Gasteiger partial charge on any atom is 0.261 e. The zero-order chi connectivity index (χ0) is 23.3. The number of sulfone groups is 1. The highest BCUT2D eigenvalue weighted by Gasteiger charge is 2.39. The first-order chi connectivity index (χ1) is 15.2. The number of carbonyl (C=O) groups excluding carboxylic acids is 3. The second-order valence-corrected chi connectivity index (χ2v) is 9.30. The van der Waals surface area contributed by atoms with Crippen LogP contribution in [0, 0.1) is 0 Å². The van der Waals surface area contributed by atoms with Gasteiger partial charge in [-0.3, -0.25) is 14.4 Å². The molecular formula is C22H25N3O6S. The first-order valence-corrected chi connectivity index (χ1v) is 11.6. The fourth-order valence-electron chi connectivity index (χ4n) is 3.37. The first-order valence-electron chi connectivity index (χ1n) is 10.0. The molecular weight excluding hydrogens is 434 g/mol. The van der Waals surface area contributed by atoms with Crippen LogP contribution in [-0.2, 0) is 19.4 Å². The Morgan fingerprint density at radius 2 is 1.47 bits per heavy atom. The average molecular weight is 460 g/mol. The van der Waals surface area contributed by atoms with E-state index in [1.807, 2.05) is 0 Å². The molecule has 170 valence electrons. The van der Waals surface area contributed by atoms with E-state index in [0.29, 0.717) is 18.8 Å². The summed E-state index contributed by atoms with van der Waals surface area (Å²) >= 11 is 0. The van der Waals surface area contributed by atoms with Crippen LogP contribution in [0.1, 0.15) is 17.3 Å². The average Bonchev–Trinajstić information content (AvgIpc) is 2.82. The molecule has 3 amide bonds. The number of carbonyl (C=O) groups is 3. The zero-order valence-corrected chi connectivity index (χ0v) is 18.7. The van der Waals surface area contributed by atoms with Gasteiger partial charge in [0.15, 0.2) is 0 Å². The Kier molecular flexibility index (Phi) is 7.14. The van der Waals surface area contributed by atoms with E-state index in [-0.39, 0.29) is 29.5 Å². The van der Waals surface area contributed by atoms with Gasteiger partial charge >= 0.3 is 0 Å². The van der Waals surface area contributed by atoms with Crippen molar-refractivity contribution in [2.24, 2.45) is 0 Å². The number of piperazine rings is 1. The standard InChI is InChI=1S/C22H25N3O6S/c1-16(26)24-12-14-25(15-13-24)22(28)21(32(29,30)19-6-4-3-5-7-19)23-20(27)17-8-10-18(31-2)11-9-17/h3-11,21H,12-15H2,1-2H3,(H,23,27)/t21-/m1/s1. The summed E-state index contributed by atoms with van der Waals surface area (Å²) in [6, 6.07) is 13.6. The maximum atomic E-state index is 13.3. The Bertz CT molecular complexity index is 1080. The van der Waals surface area contributed by atoms with Crippen LogP contribution in [0.5, 0.6) is 5.75 Å². The molecule has 1 aliphatic rings. The van der Waals surface area contributed by atoms with Gasteiger partial charge in [0, 0.05) is 38.7 Å². The molecule has 0 unspecified atom stereocenters. The van der Waals surface area contributed by atoms with Crippen LogP contribution in [0.2, 0.25) is 0 Å². The third-order valence-corrected chi connectivity index (χ3v) is 7.13. The molecule has 1 saturated heterocycles. The summed E-state index contributed by atoms with van der Waals surface area (Å²) < 4.78 is 31.7. The number of hydrogen-bond donors (Lipinski definition) is 1. The lowest BCUT2D eigenvalue weighted by Crippen LogP contribution is -2.57. The van der Waals surface area contributed by atoms with E-state index in [0.717, 1.165) is 0 Å². The summed E-state index contributed by atoms with van der Waals surface area (Å²) in [6.45, 7) is 2.39. The summed E-state index contributed by atoms with van der Waals surface area (Å²) in [4.78, 5) is 40.5. The largest absolute Gasteiger partial charge is 0.497 e. The smallest absolute Gasteiger partial charge is 0.261 e. The summed E-state index contributed by atoms with van der Waals surface area (Å²) in [7, 11) is -2.74. The van der Waals surface area contributed by atoms with Crippen molar-refractivity contribution in [3.8, 4) is 5.75 Å². The van der Waals surface area contributed by atoms with E-state index in [1.165, 1.54) is 43.2 Å². The summed E-state index contributed by atoms with van der Waals surface area (Å²) in [6.07, 6.45) is 0. The van der Waals surface area contributed by atoms with Gasteiger partial charge < -0.3 is 19.9 Å². The molecule has 0 radical (unpaired) electrons. The molecule has 0 saturated carbocycles. The normalized spacial score (nSPS) is 15.1. The number of hydrogen-bond acceptors (Lipinski definition) is 6. The van der Waals surface area contributed by atoms with Crippen molar-refractivity contribution >= 4 is 27.6 Å². The highest BCUT2D eigenvalue weighted by atomic mass is 32.2. The van der Waals surface area contributed by atoms with Gasteiger partial charge in [0.05, 0.1) is 12.0 Å². The van der Waals surface area contributed by atoms with Gasteiger partial charge in [-0.15, -0.1) is 0 Å². The van der Waals surface area contributed by atoms with Gasteiger partial charge in [-0.2, -0.15) is 0 Å². The van der Waals surface area contributed by atoms with E-state index < -0.39 is 27.0 Å². The van der Waals surface area contributed by atoms with Gasteiger partial charge in [-0.25, -0.2) is 8.42 Å². The Morgan fingerprint density at radius 1 is 0.906 bits per heavy atom. The minimum atomic E-state index is -4.22. The van der Waals surface area contributed by atoms with Crippen LogP contribution in [0.4, 0.5) is 0 Å². The molecule has 2 aromatic rings. The molecule has 0 aromatic heterocycles. The molecule has 2 aromatic carbocycles. The molecule has 1 fully saturated rings. The summed E-state index contributed by atoms with van der Waals surface area (Å²) in [5.74, 6) is -1.01. The molecule has 1 heterocycles. The van der Waals surface area contributed by atoms with Crippen LogP contribution in [0.25, 0.3) is 0 Å².